The number of alkyl halides is 1. The van der Waals surface area contributed by atoms with Crippen LogP contribution in [0.3, 0.4) is 0 Å². The van der Waals surface area contributed by atoms with Gasteiger partial charge < -0.3 is 9.64 Å². The molecule has 0 radical (unpaired) electrons. The van der Waals surface area contributed by atoms with Gasteiger partial charge in [-0.05, 0) is 33.1 Å². The molecule has 0 N–H and O–H groups in total. The number of ether oxygens (including phenoxy) is 1. The van der Waals surface area contributed by atoms with Crippen LogP contribution in [0.4, 0.5) is 0 Å². The molecule has 0 aromatic heterocycles. The molecule has 1 amide bonds. The van der Waals surface area contributed by atoms with Crippen LogP contribution in [0.1, 0.15) is 40.0 Å². The van der Waals surface area contributed by atoms with Crippen molar-refractivity contribution in [2.45, 2.75) is 52.2 Å². The Balaban J connectivity index is 2.63. The van der Waals surface area contributed by atoms with Gasteiger partial charge in [0.2, 0.25) is 5.91 Å². The Bertz CT molecular complexity index is 246. The standard InChI is InChI=1S/C13H24ClNO2/c1-4-12-11(6-9-17-12)13(16)15(10(2)3)8-5-7-14/h10-12H,4-9H2,1-3H3. The monoisotopic (exact) mass is 261 g/mol. The van der Waals surface area contributed by atoms with Gasteiger partial charge in [-0.1, -0.05) is 6.92 Å². The molecule has 4 heteroatoms. The summed E-state index contributed by atoms with van der Waals surface area (Å²) in [7, 11) is 0. The second kappa shape index (κ2) is 7.22. The summed E-state index contributed by atoms with van der Waals surface area (Å²) >= 11 is 5.71. The fourth-order valence-corrected chi connectivity index (χ4v) is 2.52. The number of carbonyl (C=O) groups excluding carboxylic acids is 1. The van der Waals surface area contributed by atoms with E-state index in [1.54, 1.807) is 0 Å². The Hall–Kier alpha value is -0.280. The van der Waals surface area contributed by atoms with Gasteiger partial charge in [-0.25, -0.2) is 0 Å². The molecule has 0 aliphatic carbocycles. The van der Waals surface area contributed by atoms with Crippen molar-refractivity contribution in [2.75, 3.05) is 19.0 Å². The molecule has 100 valence electrons. The molecule has 17 heavy (non-hydrogen) atoms. The summed E-state index contributed by atoms with van der Waals surface area (Å²) in [5, 5.41) is 0. The van der Waals surface area contributed by atoms with Gasteiger partial charge in [0.1, 0.15) is 0 Å². The molecular formula is C13H24ClNO2. The van der Waals surface area contributed by atoms with Gasteiger partial charge in [0.05, 0.1) is 12.0 Å². The first-order valence-electron chi connectivity index (χ1n) is 6.59. The third kappa shape index (κ3) is 3.85. The van der Waals surface area contributed by atoms with Crippen LogP contribution in [0.15, 0.2) is 0 Å². The lowest BCUT2D eigenvalue weighted by atomic mass is 9.97. The molecule has 3 nitrogen and oxygen atoms in total. The molecule has 0 aromatic rings. The molecule has 1 rings (SSSR count). The lowest BCUT2D eigenvalue weighted by molar-refractivity contribution is -0.139. The van der Waals surface area contributed by atoms with E-state index in [1.807, 2.05) is 4.90 Å². The Kier molecular flexibility index (Phi) is 6.28. The number of nitrogens with zero attached hydrogens (tertiary/aromatic N) is 1. The average Bonchev–Trinajstić information content (AvgIpc) is 2.76. The summed E-state index contributed by atoms with van der Waals surface area (Å²) in [4.78, 5) is 14.4. The Morgan fingerprint density at radius 3 is 2.76 bits per heavy atom. The maximum Gasteiger partial charge on any atom is 0.228 e. The van der Waals surface area contributed by atoms with E-state index in [2.05, 4.69) is 20.8 Å². The third-order valence-corrected chi connectivity index (χ3v) is 3.64. The van der Waals surface area contributed by atoms with Crippen molar-refractivity contribution in [2.24, 2.45) is 5.92 Å². The minimum absolute atomic E-state index is 0.0534. The summed E-state index contributed by atoms with van der Waals surface area (Å²) in [6.07, 6.45) is 2.74. The number of hydrogen-bond donors (Lipinski definition) is 0. The predicted molar refractivity (Wildman–Crippen MR) is 70.3 cm³/mol. The van der Waals surface area contributed by atoms with Crippen LogP contribution in [0.5, 0.6) is 0 Å². The first-order chi connectivity index (χ1) is 8.11. The molecule has 1 fully saturated rings. The Morgan fingerprint density at radius 2 is 2.24 bits per heavy atom. The molecule has 1 heterocycles. The van der Waals surface area contributed by atoms with Crippen molar-refractivity contribution >= 4 is 17.5 Å². The lowest BCUT2D eigenvalue weighted by Crippen LogP contribution is -2.43. The number of amides is 1. The summed E-state index contributed by atoms with van der Waals surface area (Å²) in [6.45, 7) is 7.67. The van der Waals surface area contributed by atoms with Crippen LogP contribution in [-0.2, 0) is 9.53 Å². The van der Waals surface area contributed by atoms with E-state index in [0.29, 0.717) is 5.88 Å². The van der Waals surface area contributed by atoms with E-state index in [1.165, 1.54) is 0 Å². The molecule has 0 saturated carbocycles. The zero-order valence-corrected chi connectivity index (χ0v) is 11.9. The molecule has 1 aliphatic heterocycles. The maximum atomic E-state index is 12.5. The lowest BCUT2D eigenvalue weighted by Gasteiger charge is -2.30. The average molecular weight is 262 g/mol. The predicted octanol–water partition coefficient (Wildman–Crippen LogP) is 2.67. The largest absolute Gasteiger partial charge is 0.377 e. The van der Waals surface area contributed by atoms with Crippen molar-refractivity contribution in [3.63, 3.8) is 0 Å². The fourth-order valence-electron chi connectivity index (χ4n) is 2.40. The molecule has 0 aromatic carbocycles. The first kappa shape index (κ1) is 14.8. The molecule has 2 unspecified atom stereocenters. The van der Waals surface area contributed by atoms with Gasteiger partial charge in [-0.15, -0.1) is 11.6 Å². The van der Waals surface area contributed by atoms with Gasteiger partial charge in [-0.2, -0.15) is 0 Å². The molecule has 1 saturated heterocycles. The smallest absolute Gasteiger partial charge is 0.228 e. The van der Waals surface area contributed by atoms with E-state index in [-0.39, 0.29) is 24.0 Å². The van der Waals surface area contributed by atoms with Gasteiger partial charge in [0, 0.05) is 25.1 Å². The van der Waals surface area contributed by atoms with Crippen molar-refractivity contribution in [3.05, 3.63) is 0 Å². The fraction of sp³-hybridized carbons (Fsp3) is 0.923. The summed E-state index contributed by atoms with van der Waals surface area (Å²) in [5.74, 6) is 0.904. The molecule has 0 spiro atoms. The summed E-state index contributed by atoms with van der Waals surface area (Å²) in [5.41, 5.74) is 0. The molecule has 2 atom stereocenters. The number of halogens is 1. The quantitative estimate of drug-likeness (QED) is 0.688. The zero-order valence-electron chi connectivity index (χ0n) is 11.1. The zero-order chi connectivity index (χ0) is 12.8. The van der Waals surface area contributed by atoms with E-state index < -0.39 is 0 Å². The third-order valence-electron chi connectivity index (χ3n) is 3.37. The minimum atomic E-state index is 0.0534. The Labute approximate surface area is 109 Å². The highest BCUT2D eigenvalue weighted by Crippen LogP contribution is 2.26. The van der Waals surface area contributed by atoms with Crippen LogP contribution in [0.2, 0.25) is 0 Å². The maximum absolute atomic E-state index is 12.5. The number of carbonyl (C=O) groups is 1. The minimum Gasteiger partial charge on any atom is -0.377 e. The highest BCUT2D eigenvalue weighted by molar-refractivity contribution is 6.17. The first-order valence-corrected chi connectivity index (χ1v) is 7.13. The van der Waals surface area contributed by atoms with Gasteiger partial charge in [-0.3, -0.25) is 4.79 Å². The Morgan fingerprint density at radius 1 is 1.53 bits per heavy atom. The van der Waals surface area contributed by atoms with E-state index in [0.717, 1.165) is 32.4 Å². The van der Waals surface area contributed by atoms with Gasteiger partial charge in [0.25, 0.3) is 0 Å². The van der Waals surface area contributed by atoms with E-state index >= 15 is 0 Å². The summed E-state index contributed by atoms with van der Waals surface area (Å²) < 4.78 is 5.60. The second-order valence-electron chi connectivity index (χ2n) is 4.88. The normalized spacial score (nSPS) is 24.3. The van der Waals surface area contributed by atoms with Crippen molar-refractivity contribution in [1.82, 2.24) is 4.90 Å². The van der Waals surface area contributed by atoms with Crippen LogP contribution >= 0.6 is 11.6 Å². The van der Waals surface area contributed by atoms with Gasteiger partial charge >= 0.3 is 0 Å². The van der Waals surface area contributed by atoms with Crippen LogP contribution < -0.4 is 0 Å². The highest BCUT2D eigenvalue weighted by atomic mass is 35.5. The van der Waals surface area contributed by atoms with Gasteiger partial charge in [0.15, 0.2) is 0 Å². The molecule has 1 aliphatic rings. The second-order valence-corrected chi connectivity index (χ2v) is 5.26. The number of rotatable bonds is 6. The SMILES string of the molecule is CCC1OCCC1C(=O)N(CCCCl)C(C)C. The summed E-state index contributed by atoms with van der Waals surface area (Å²) in [6, 6.07) is 0.240. The topological polar surface area (TPSA) is 29.5 Å². The highest BCUT2D eigenvalue weighted by Gasteiger charge is 2.35. The van der Waals surface area contributed by atoms with Crippen LogP contribution in [-0.4, -0.2) is 42.0 Å². The van der Waals surface area contributed by atoms with Crippen LogP contribution in [0, 0.1) is 5.92 Å². The molecule has 0 bridgehead atoms. The molecular weight excluding hydrogens is 238 g/mol. The van der Waals surface area contributed by atoms with E-state index in [4.69, 9.17) is 16.3 Å². The van der Waals surface area contributed by atoms with E-state index in [9.17, 15) is 4.79 Å². The number of hydrogen-bond acceptors (Lipinski definition) is 2. The van der Waals surface area contributed by atoms with Crippen molar-refractivity contribution in [1.29, 1.82) is 0 Å². The van der Waals surface area contributed by atoms with Crippen molar-refractivity contribution in [3.8, 4) is 0 Å². The van der Waals surface area contributed by atoms with Crippen LogP contribution in [0.25, 0.3) is 0 Å². The van der Waals surface area contributed by atoms with Crippen molar-refractivity contribution < 1.29 is 9.53 Å².